The van der Waals surface area contributed by atoms with E-state index in [1.54, 1.807) is 19.2 Å². The van der Waals surface area contributed by atoms with E-state index in [0.717, 1.165) is 17.4 Å². The van der Waals surface area contributed by atoms with E-state index in [1.165, 1.54) is 17.0 Å². The molecule has 0 aromatic heterocycles. The molecule has 0 aliphatic rings. The summed E-state index contributed by atoms with van der Waals surface area (Å²) >= 11 is 3.55. The van der Waals surface area contributed by atoms with Crippen LogP contribution in [-0.2, 0) is 17.8 Å². The third kappa shape index (κ3) is 5.94. The summed E-state index contributed by atoms with van der Waals surface area (Å²) in [5.74, 6) is 0.555. The van der Waals surface area contributed by atoms with Gasteiger partial charge in [-0.25, -0.2) is 0 Å². The van der Waals surface area contributed by atoms with Gasteiger partial charge < -0.3 is 14.8 Å². The fourth-order valence-corrected chi connectivity index (χ4v) is 4.36. The normalized spacial score (nSPS) is 11.1. The van der Waals surface area contributed by atoms with Crippen molar-refractivity contribution in [3.05, 3.63) is 106 Å². The van der Waals surface area contributed by atoms with E-state index in [1.807, 2.05) is 48.5 Å². The Bertz CT molecular complexity index is 1470. The molecule has 0 saturated heterocycles. The van der Waals surface area contributed by atoms with Gasteiger partial charge in [-0.05, 0) is 86.2 Å². The molecule has 0 unspecified atom stereocenters. The molecule has 0 spiro atoms. The Balaban J connectivity index is 1.52. The van der Waals surface area contributed by atoms with Gasteiger partial charge in [-0.3, -0.25) is 4.79 Å². The van der Waals surface area contributed by atoms with Gasteiger partial charge in [0.25, 0.3) is 5.91 Å². The molecule has 1 N–H and O–H groups in total. The van der Waals surface area contributed by atoms with Crippen LogP contribution in [0.25, 0.3) is 16.8 Å². The number of ether oxygens (including phenoxy) is 2. The van der Waals surface area contributed by atoms with Crippen molar-refractivity contribution < 1.29 is 14.3 Å². The first kappa shape index (κ1) is 25.0. The monoisotopic (exact) mass is 540 g/mol. The van der Waals surface area contributed by atoms with Gasteiger partial charge >= 0.3 is 0 Å². The first-order chi connectivity index (χ1) is 17.5. The molecular formula is C30H25BrN2O3. The summed E-state index contributed by atoms with van der Waals surface area (Å²) in [6.07, 6.45) is 2.44. The molecule has 0 heterocycles. The largest absolute Gasteiger partial charge is 0.493 e. The van der Waals surface area contributed by atoms with Crippen molar-refractivity contribution in [1.29, 1.82) is 5.26 Å². The van der Waals surface area contributed by atoms with Crippen molar-refractivity contribution in [2.24, 2.45) is 0 Å². The summed E-state index contributed by atoms with van der Waals surface area (Å²) in [5.41, 5.74) is 3.44. The van der Waals surface area contributed by atoms with Crippen LogP contribution in [0.15, 0.2) is 88.9 Å². The lowest BCUT2D eigenvalue weighted by atomic mass is 10.1. The number of hydrogen-bond acceptors (Lipinski definition) is 4. The van der Waals surface area contributed by atoms with Crippen LogP contribution < -0.4 is 14.8 Å². The van der Waals surface area contributed by atoms with Crippen molar-refractivity contribution >= 4 is 44.4 Å². The molecule has 0 aliphatic heterocycles. The Morgan fingerprint density at radius 1 is 1.00 bits per heavy atom. The summed E-state index contributed by atoms with van der Waals surface area (Å²) < 4.78 is 12.3. The van der Waals surface area contributed by atoms with Crippen molar-refractivity contribution in [2.45, 2.75) is 20.0 Å². The van der Waals surface area contributed by atoms with Crippen molar-refractivity contribution in [3.63, 3.8) is 0 Å². The first-order valence-corrected chi connectivity index (χ1v) is 12.3. The molecule has 36 heavy (non-hydrogen) atoms. The minimum Gasteiger partial charge on any atom is -0.493 e. The van der Waals surface area contributed by atoms with Crippen LogP contribution in [-0.4, -0.2) is 13.0 Å². The highest BCUT2D eigenvalue weighted by Crippen LogP contribution is 2.38. The Labute approximate surface area is 219 Å². The number of hydrogen-bond donors (Lipinski definition) is 1. The second kappa shape index (κ2) is 11.6. The van der Waals surface area contributed by atoms with Gasteiger partial charge in [0.2, 0.25) is 0 Å². The van der Waals surface area contributed by atoms with Crippen LogP contribution in [0.5, 0.6) is 11.5 Å². The zero-order valence-electron chi connectivity index (χ0n) is 20.0. The maximum atomic E-state index is 12.7. The van der Waals surface area contributed by atoms with Crippen LogP contribution in [0.1, 0.15) is 23.6 Å². The number of halogens is 1. The number of nitrogens with zero attached hydrogens (tertiary/aromatic N) is 1. The molecule has 0 saturated carbocycles. The third-order valence-electron chi connectivity index (χ3n) is 5.74. The van der Waals surface area contributed by atoms with Crippen molar-refractivity contribution in [3.8, 4) is 17.6 Å². The fourth-order valence-electron chi connectivity index (χ4n) is 3.78. The average molecular weight is 541 g/mol. The molecule has 0 fully saturated rings. The van der Waals surface area contributed by atoms with Crippen molar-refractivity contribution in [1.82, 2.24) is 0 Å². The molecule has 0 aliphatic carbocycles. The van der Waals surface area contributed by atoms with Gasteiger partial charge in [-0.2, -0.15) is 5.26 Å². The standard InChI is InChI=1S/C30H25BrN2O3/c1-3-20-9-12-26(13-10-20)33-30(34)25(18-32)15-22-16-27(31)29(28(17-22)35-2)36-19-21-8-11-23-6-4-5-7-24(23)14-21/h4-17H,3,19H2,1-2H3,(H,33,34)/b25-15+. The first-order valence-electron chi connectivity index (χ1n) is 11.5. The highest BCUT2D eigenvalue weighted by molar-refractivity contribution is 9.10. The predicted molar refractivity (Wildman–Crippen MR) is 147 cm³/mol. The number of carbonyl (C=O) groups is 1. The third-order valence-corrected chi connectivity index (χ3v) is 6.33. The number of methoxy groups -OCH3 is 1. The van der Waals surface area contributed by atoms with Crippen LogP contribution in [0.2, 0.25) is 0 Å². The molecule has 0 atom stereocenters. The molecule has 5 nitrogen and oxygen atoms in total. The van der Waals surface area contributed by atoms with Crippen LogP contribution in [0.4, 0.5) is 5.69 Å². The summed E-state index contributed by atoms with van der Waals surface area (Å²) in [4.78, 5) is 12.7. The SMILES string of the molecule is CCc1ccc(NC(=O)/C(C#N)=C/c2cc(Br)c(OCc3ccc4ccccc4c3)c(OC)c2)cc1. The van der Waals surface area contributed by atoms with E-state index in [9.17, 15) is 10.1 Å². The summed E-state index contributed by atoms with van der Waals surface area (Å²) in [7, 11) is 1.55. The zero-order valence-corrected chi connectivity index (χ0v) is 21.6. The van der Waals surface area contributed by atoms with Crippen LogP contribution in [0, 0.1) is 11.3 Å². The lowest BCUT2D eigenvalue weighted by molar-refractivity contribution is -0.112. The molecule has 4 aromatic carbocycles. The van der Waals surface area contributed by atoms with Crippen LogP contribution >= 0.6 is 15.9 Å². The highest BCUT2D eigenvalue weighted by Gasteiger charge is 2.14. The Hall–Kier alpha value is -4.08. The van der Waals surface area contributed by atoms with E-state index in [0.29, 0.717) is 33.8 Å². The second-order valence-corrected chi connectivity index (χ2v) is 9.03. The smallest absolute Gasteiger partial charge is 0.266 e. The molecule has 6 heteroatoms. The van der Waals surface area contributed by atoms with Gasteiger partial charge in [0.15, 0.2) is 11.5 Å². The Morgan fingerprint density at radius 3 is 2.42 bits per heavy atom. The van der Waals surface area contributed by atoms with E-state index in [-0.39, 0.29) is 5.57 Å². The molecule has 4 aromatic rings. The van der Waals surface area contributed by atoms with Gasteiger partial charge in [0.05, 0.1) is 11.6 Å². The number of nitriles is 1. The minimum absolute atomic E-state index is 0.0200. The summed E-state index contributed by atoms with van der Waals surface area (Å²) in [6, 6.07) is 27.4. The number of rotatable bonds is 8. The second-order valence-electron chi connectivity index (χ2n) is 8.18. The number of fused-ring (bicyclic) bond motifs is 1. The number of benzene rings is 4. The Morgan fingerprint density at radius 2 is 1.72 bits per heavy atom. The van der Waals surface area contributed by atoms with Gasteiger partial charge in [-0.1, -0.05) is 55.5 Å². The van der Waals surface area contributed by atoms with Crippen molar-refractivity contribution in [2.75, 3.05) is 12.4 Å². The topological polar surface area (TPSA) is 71.4 Å². The number of amides is 1. The van der Waals surface area contributed by atoms with E-state index < -0.39 is 5.91 Å². The predicted octanol–water partition coefficient (Wildman–Crippen LogP) is 7.30. The fraction of sp³-hybridized carbons (Fsp3) is 0.133. The number of aryl methyl sites for hydroxylation is 1. The minimum atomic E-state index is -0.478. The van der Waals surface area contributed by atoms with E-state index >= 15 is 0 Å². The summed E-state index contributed by atoms with van der Waals surface area (Å²) in [6.45, 7) is 2.42. The quantitative estimate of drug-likeness (QED) is 0.188. The van der Waals surface area contributed by atoms with E-state index in [4.69, 9.17) is 9.47 Å². The van der Waals surface area contributed by atoms with Gasteiger partial charge in [0.1, 0.15) is 18.2 Å². The van der Waals surface area contributed by atoms with Crippen LogP contribution in [0.3, 0.4) is 0 Å². The average Bonchev–Trinajstić information content (AvgIpc) is 2.91. The lowest BCUT2D eigenvalue weighted by Gasteiger charge is -2.14. The summed E-state index contributed by atoms with van der Waals surface area (Å²) in [5, 5.41) is 14.7. The maximum absolute atomic E-state index is 12.7. The molecule has 0 bridgehead atoms. The zero-order chi connectivity index (χ0) is 25.5. The Kier molecular flexibility index (Phi) is 8.04. The highest BCUT2D eigenvalue weighted by atomic mass is 79.9. The number of carbonyl (C=O) groups excluding carboxylic acids is 1. The number of anilines is 1. The molecule has 4 rings (SSSR count). The molecule has 0 radical (unpaired) electrons. The molecule has 1 amide bonds. The molecule has 180 valence electrons. The van der Waals surface area contributed by atoms with E-state index in [2.05, 4.69) is 52.4 Å². The molecular weight excluding hydrogens is 516 g/mol. The lowest BCUT2D eigenvalue weighted by Crippen LogP contribution is -2.13. The maximum Gasteiger partial charge on any atom is 0.266 e. The van der Waals surface area contributed by atoms with Gasteiger partial charge in [-0.15, -0.1) is 0 Å². The van der Waals surface area contributed by atoms with Gasteiger partial charge in [0, 0.05) is 5.69 Å². The number of nitrogens with one attached hydrogen (secondary N) is 1.